The first-order valence-corrected chi connectivity index (χ1v) is 9.05. The molecule has 0 amide bonds. The van der Waals surface area contributed by atoms with Gasteiger partial charge in [0.1, 0.15) is 11.8 Å². The van der Waals surface area contributed by atoms with Gasteiger partial charge in [0, 0.05) is 43.3 Å². The molecule has 1 aliphatic rings. The molecular formula is C20H23ClN2O3. The molecule has 3 rings (SSSR count). The van der Waals surface area contributed by atoms with Crippen molar-refractivity contribution in [3.8, 4) is 5.75 Å². The predicted octanol–water partition coefficient (Wildman–Crippen LogP) is 3.17. The summed E-state index contributed by atoms with van der Waals surface area (Å²) in [4.78, 5) is 16.2. The van der Waals surface area contributed by atoms with Gasteiger partial charge in [-0.3, -0.25) is 9.69 Å². The Balaban J connectivity index is 1.70. The Hall–Kier alpha value is -2.24. The average molecular weight is 375 g/mol. The van der Waals surface area contributed by atoms with Crippen molar-refractivity contribution in [3.63, 3.8) is 0 Å². The fourth-order valence-electron chi connectivity index (χ4n) is 3.42. The largest absolute Gasteiger partial charge is 0.496 e. The van der Waals surface area contributed by atoms with Gasteiger partial charge >= 0.3 is 5.97 Å². The van der Waals surface area contributed by atoms with E-state index < -0.39 is 12.0 Å². The molecule has 1 aliphatic heterocycles. The maximum Gasteiger partial charge on any atom is 0.321 e. The van der Waals surface area contributed by atoms with Gasteiger partial charge in [-0.15, -0.1) is 0 Å². The van der Waals surface area contributed by atoms with Crippen LogP contribution in [0.15, 0.2) is 48.5 Å². The fraction of sp³-hybridized carbons (Fsp3) is 0.350. The number of methoxy groups -OCH3 is 1. The number of hydrogen-bond acceptors (Lipinski definition) is 4. The summed E-state index contributed by atoms with van der Waals surface area (Å²) in [5.74, 6) is -0.149. The van der Waals surface area contributed by atoms with Crippen molar-refractivity contribution in [1.82, 2.24) is 4.90 Å². The zero-order valence-electron chi connectivity index (χ0n) is 14.8. The molecule has 1 N–H and O–H groups in total. The van der Waals surface area contributed by atoms with Gasteiger partial charge in [0.25, 0.3) is 0 Å². The minimum atomic E-state index is -0.819. The zero-order valence-corrected chi connectivity index (χ0v) is 15.5. The molecule has 2 aromatic carbocycles. The van der Waals surface area contributed by atoms with Crippen LogP contribution in [-0.4, -0.2) is 55.3 Å². The monoisotopic (exact) mass is 374 g/mol. The van der Waals surface area contributed by atoms with Crippen molar-refractivity contribution in [1.29, 1.82) is 0 Å². The van der Waals surface area contributed by atoms with E-state index in [0.29, 0.717) is 30.3 Å². The normalized spacial score (nSPS) is 16.3. The van der Waals surface area contributed by atoms with E-state index in [0.717, 1.165) is 18.7 Å². The van der Waals surface area contributed by atoms with Crippen molar-refractivity contribution in [2.24, 2.45) is 0 Å². The van der Waals surface area contributed by atoms with Crippen molar-refractivity contribution < 1.29 is 14.6 Å². The summed E-state index contributed by atoms with van der Waals surface area (Å²) >= 11 is 6.09. The lowest BCUT2D eigenvalue weighted by Gasteiger charge is -2.39. The number of para-hydroxylation sites is 1. The van der Waals surface area contributed by atoms with Gasteiger partial charge in [-0.1, -0.05) is 29.8 Å². The standard InChI is InChI=1S/C20H23ClN2O3/c1-26-19-8-7-16(21)13-15(19)14-18(20(24)25)23-11-9-22(10-12-23)17-5-3-2-4-6-17/h2-8,13,18H,9-12,14H2,1H3,(H,24,25)/t18-/m0/s1. The van der Waals surface area contributed by atoms with E-state index in [1.165, 1.54) is 5.69 Å². The number of carboxylic acid groups (broad SMARTS) is 1. The molecular weight excluding hydrogens is 352 g/mol. The zero-order chi connectivity index (χ0) is 18.5. The van der Waals surface area contributed by atoms with E-state index >= 15 is 0 Å². The van der Waals surface area contributed by atoms with Crippen molar-refractivity contribution in [2.75, 3.05) is 38.2 Å². The number of carboxylic acids is 1. The number of rotatable bonds is 6. The van der Waals surface area contributed by atoms with Gasteiger partial charge in [-0.25, -0.2) is 0 Å². The highest BCUT2D eigenvalue weighted by Gasteiger charge is 2.30. The molecule has 1 heterocycles. The third-order valence-electron chi connectivity index (χ3n) is 4.82. The van der Waals surface area contributed by atoms with Crippen LogP contribution in [0.5, 0.6) is 5.75 Å². The average Bonchev–Trinajstić information content (AvgIpc) is 2.67. The Morgan fingerprint density at radius 3 is 2.46 bits per heavy atom. The second-order valence-corrected chi connectivity index (χ2v) is 6.81. The Morgan fingerprint density at radius 2 is 1.85 bits per heavy atom. The number of aliphatic carboxylic acids is 1. The minimum absolute atomic E-state index is 0.365. The first kappa shape index (κ1) is 18.5. The highest BCUT2D eigenvalue weighted by atomic mass is 35.5. The van der Waals surface area contributed by atoms with Crippen LogP contribution in [0, 0.1) is 0 Å². The van der Waals surface area contributed by atoms with Crippen molar-refractivity contribution >= 4 is 23.3 Å². The topological polar surface area (TPSA) is 53.0 Å². The predicted molar refractivity (Wildman–Crippen MR) is 103 cm³/mol. The molecule has 0 saturated carbocycles. The highest BCUT2D eigenvalue weighted by molar-refractivity contribution is 6.30. The van der Waals surface area contributed by atoms with Gasteiger partial charge in [0.05, 0.1) is 7.11 Å². The molecule has 138 valence electrons. The van der Waals surface area contributed by atoms with E-state index in [1.807, 2.05) is 23.1 Å². The third kappa shape index (κ3) is 4.29. The summed E-state index contributed by atoms with van der Waals surface area (Å²) in [7, 11) is 1.58. The number of piperazine rings is 1. The molecule has 2 aromatic rings. The van der Waals surface area contributed by atoms with Gasteiger partial charge in [0.15, 0.2) is 0 Å². The molecule has 0 radical (unpaired) electrons. The Labute approximate surface area is 158 Å². The number of benzene rings is 2. The summed E-state index contributed by atoms with van der Waals surface area (Å²) in [6.45, 7) is 3.02. The number of anilines is 1. The molecule has 0 aromatic heterocycles. The maximum atomic E-state index is 11.9. The molecule has 0 bridgehead atoms. The summed E-state index contributed by atoms with van der Waals surface area (Å²) in [6, 6.07) is 14.9. The van der Waals surface area contributed by atoms with Crippen molar-refractivity contribution in [3.05, 3.63) is 59.1 Å². The van der Waals surface area contributed by atoms with Gasteiger partial charge in [-0.05, 0) is 35.9 Å². The Bertz CT molecular complexity index is 746. The second kappa shape index (κ2) is 8.43. The minimum Gasteiger partial charge on any atom is -0.496 e. The summed E-state index contributed by atoms with van der Waals surface area (Å²) in [5, 5.41) is 10.4. The molecule has 0 aliphatic carbocycles. The first-order chi connectivity index (χ1) is 12.6. The molecule has 1 fully saturated rings. The van der Waals surface area contributed by atoms with E-state index in [-0.39, 0.29) is 0 Å². The molecule has 26 heavy (non-hydrogen) atoms. The van der Waals surface area contributed by atoms with Crippen LogP contribution < -0.4 is 9.64 Å². The van der Waals surface area contributed by atoms with E-state index in [2.05, 4.69) is 17.0 Å². The highest BCUT2D eigenvalue weighted by Crippen LogP contribution is 2.26. The lowest BCUT2D eigenvalue weighted by molar-refractivity contribution is -0.143. The Morgan fingerprint density at radius 1 is 1.15 bits per heavy atom. The van der Waals surface area contributed by atoms with Crippen molar-refractivity contribution in [2.45, 2.75) is 12.5 Å². The van der Waals surface area contributed by atoms with Crippen LogP contribution in [0.1, 0.15) is 5.56 Å². The third-order valence-corrected chi connectivity index (χ3v) is 5.05. The Kier molecular flexibility index (Phi) is 6.01. The molecule has 1 saturated heterocycles. The number of ether oxygens (including phenoxy) is 1. The maximum absolute atomic E-state index is 11.9. The summed E-state index contributed by atoms with van der Waals surface area (Å²) < 4.78 is 5.36. The van der Waals surface area contributed by atoms with Crippen LogP contribution in [0.25, 0.3) is 0 Å². The molecule has 6 heteroatoms. The number of nitrogens with zero attached hydrogens (tertiary/aromatic N) is 2. The van der Waals surface area contributed by atoms with Crippen LogP contribution in [-0.2, 0) is 11.2 Å². The molecule has 0 unspecified atom stereocenters. The summed E-state index contributed by atoms with van der Waals surface area (Å²) in [6.07, 6.45) is 0.365. The number of hydrogen-bond donors (Lipinski definition) is 1. The van der Waals surface area contributed by atoms with E-state index in [4.69, 9.17) is 16.3 Å². The SMILES string of the molecule is COc1ccc(Cl)cc1C[C@@H](C(=O)O)N1CCN(c2ccccc2)CC1. The first-order valence-electron chi connectivity index (χ1n) is 8.67. The fourth-order valence-corrected chi connectivity index (χ4v) is 3.61. The van der Waals surface area contributed by atoms with Crippen LogP contribution in [0.3, 0.4) is 0 Å². The molecule has 0 spiro atoms. The lowest BCUT2D eigenvalue weighted by atomic mass is 10.0. The lowest BCUT2D eigenvalue weighted by Crippen LogP contribution is -2.53. The van der Waals surface area contributed by atoms with E-state index in [9.17, 15) is 9.90 Å². The van der Waals surface area contributed by atoms with E-state index in [1.54, 1.807) is 25.3 Å². The van der Waals surface area contributed by atoms with Crippen LogP contribution in [0.4, 0.5) is 5.69 Å². The quantitative estimate of drug-likeness (QED) is 0.841. The van der Waals surface area contributed by atoms with Gasteiger partial charge < -0.3 is 14.7 Å². The van der Waals surface area contributed by atoms with Gasteiger partial charge in [-0.2, -0.15) is 0 Å². The van der Waals surface area contributed by atoms with Gasteiger partial charge in [0.2, 0.25) is 0 Å². The summed E-state index contributed by atoms with van der Waals surface area (Å²) in [5.41, 5.74) is 1.99. The van der Waals surface area contributed by atoms with Crippen LogP contribution in [0.2, 0.25) is 5.02 Å². The smallest absolute Gasteiger partial charge is 0.321 e. The number of halogens is 1. The second-order valence-electron chi connectivity index (χ2n) is 6.37. The molecule has 5 nitrogen and oxygen atoms in total. The van der Waals surface area contributed by atoms with Crippen LogP contribution >= 0.6 is 11.6 Å². The number of carbonyl (C=O) groups is 1. The molecule has 1 atom stereocenters.